The second kappa shape index (κ2) is 5.36. The van der Waals surface area contributed by atoms with Gasteiger partial charge in [0.25, 0.3) is 5.91 Å². The van der Waals surface area contributed by atoms with E-state index in [1.807, 2.05) is 20.8 Å². The highest BCUT2D eigenvalue weighted by atomic mass is 79.9. The molecule has 1 amide bonds. The SMILES string of the molecule is CC(C)(C)c1cc(NC(=O)c2c(F)cccc2Br)on1. The third kappa shape index (κ3) is 3.07. The zero-order chi connectivity index (χ0) is 14.9. The van der Waals surface area contributed by atoms with Crippen molar-refractivity contribution < 1.29 is 13.7 Å². The van der Waals surface area contributed by atoms with Crippen LogP contribution >= 0.6 is 15.9 Å². The standard InChI is InChI=1S/C14H14BrFN2O2/c1-14(2,3)10-7-11(20-18-10)17-13(19)12-8(15)5-4-6-9(12)16/h4-7H,1-3H3,(H,17,19). The van der Waals surface area contributed by atoms with Crippen LogP contribution in [0, 0.1) is 5.82 Å². The van der Waals surface area contributed by atoms with Gasteiger partial charge in [0.05, 0.1) is 11.3 Å². The summed E-state index contributed by atoms with van der Waals surface area (Å²) in [5, 5.41) is 6.38. The van der Waals surface area contributed by atoms with Gasteiger partial charge >= 0.3 is 0 Å². The van der Waals surface area contributed by atoms with Gasteiger partial charge in [-0.05, 0) is 28.1 Å². The van der Waals surface area contributed by atoms with E-state index in [9.17, 15) is 9.18 Å². The van der Waals surface area contributed by atoms with E-state index in [1.54, 1.807) is 12.1 Å². The van der Waals surface area contributed by atoms with Gasteiger partial charge in [-0.15, -0.1) is 0 Å². The van der Waals surface area contributed by atoms with Gasteiger partial charge in [0.15, 0.2) is 0 Å². The van der Waals surface area contributed by atoms with E-state index in [-0.39, 0.29) is 16.9 Å². The van der Waals surface area contributed by atoms with Crippen molar-refractivity contribution in [2.45, 2.75) is 26.2 Å². The van der Waals surface area contributed by atoms with Crippen molar-refractivity contribution in [3.05, 3.63) is 45.8 Å². The van der Waals surface area contributed by atoms with Gasteiger partial charge in [0.1, 0.15) is 5.82 Å². The molecule has 2 aromatic rings. The van der Waals surface area contributed by atoms with E-state index in [1.165, 1.54) is 12.1 Å². The first-order chi connectivity index (χ1) is 9.29. The maximum Gasteiger partial charge on any atom is 0.262 e. The molecule has 1 N–H and O–H groups in total. The summed E-state index contributed by atoms with van der Waals surface area (Å²) in [6, 6.07) is 5.97. The molecule has 0 unspecified atom stereocenters. The summed E-state index contributed by atoms with van der Waals surface area (Å²) in [5.41, 5.74) is 0.451. The van der Waals surface area contributed by atoms with Gasteiger partial charge in [-0.25, -0.2) is 4.39 Å². The lowest BCUT2D eigenvalue weighted by Crippen LogP contribution is -2.14. The van der Waals surface area contributed by atoms with Crippen molar-refractivity contribution in [3.8, 4) is 0 Å². The maximum absolute atomic E-state index is 13.7. The number of benzene rings is 1. The van der Waals surface area contributed by atoms with Crippen LogP contribution in [0.2, 0.25) is 0 Å². The van der Waals surface area contributed by atoms with E-state index in [0.29, 0.717) is 10.2 Å². The lowest BCUT2D eigenvalue weighted by molar-refractivity contribution is 0.101. The monoisotopic (exact) mass is 340 g/mol. The molecule has 0 atom stereocenters. The minimum absolute atomic E-state index is 0.0683. The van der Waals surface area contributed by atoms with Crippen LogP contribution in [0.3, 0.4) is 0 Å². The first-order valence-corrected chi connectivity index (χ1v) is 6.81. The topological polar surface area (TPSA) is 55.1 Å². The Bertz CT molecular complexity index is 627. The highest BCUT2D eigenvalue weighted by Gasteiger charge is 2.21. The Labute approximate surface area is 124 Å². The highest BCUT2D eigenvalue weighted by Crippen LogP contribution is 2.25. The normalized spacial score (nSPS) is 11.4. The van der Waals surface area contributed by atoms with E-state index >= 15 is 0 Å². The summed E-state index contributed by atoms with van der Waals surface area (Å²) in [5.74, 6) is -1.01. The summed E-state index contributed by atoms with van der Waals surface area (Å²) >= 11 is 3.15. The highest BCUT2D eigenvalue weighted by molar-refractivity contribution is 9.10. The minimum Gasteiger partial charge on any atom is -0.338 e. The minimum atomic E-state index is -0.604. The summed E-state index contributed by atoms with van der Waals surface area (Å²) in [7, 11) is 0. The molecule has 2 rings (SSSR count). The molecule has 106 valence electrons. The van der Waals surface area contributed by atoms with E-state index in [0.717, 1.165) is 0 Å². The molecule has 0 saturated carbocycles. The molecule has 20 heavy (non-hydrogen) atoms. The third-order valence-corrected chi connectivity index (χ3v) is 3.37. The fraction of sp³-hybridized carbons (Fsp3) is 0.286. The molecular formula is C14H14BrFN2O2. The number of carbonyl (C=O) groups is 1. The molecular weight excluding hydrogens is 327 g/mol. The van der Waals surface area contributed by atoms with Crippen molar-refractivity contribution in [1.29, 1.82) is 0 Å². The summed E-state index contributed by atoms with van der Waals surface area (Å²) < 4.78 is 19.1. The summed E-state index contributed by atoms with van der Waals surface area (Å²) in [6.07, 6.45) is 0. The Morgan fingerprint density at radius 1 is 1.40 bits per heavy atom. The van der Waals surface area contributed by atoms with Crippen molar-refractivity contribution in [3.63, 3.8) is 0 Å². The Balaban J connectivity index is 2.22. The zero-order valence-electron chi connectivity index (χ0n) is 11.3. The largest absolute Gasteiger partial charge is 0.338 e. The van der Waals surface area contributed by atoms with Crippen molar-refractivity contribution >= 4 is 27.7 Å². The smallest absolute Gasteiger partial charge is 0.262 e. The predicted molar refractivity (Wildman–Crippen MR) is 77.3 cm³/mol. The van der Waals surface area contributed by atoms with Gasteiger partial charge in [-0.2, -0.15) is 0 Å². The molecule has 6 heteroatoms. The molecule has 1 heterocycles. The number of halogens is 2. The predicted octanol–water partition coefficient (Wildman–Crippen LogP) is 4.13. The molecule has 1 aromatic carbocycles. The van der Waals surface area contributed by atoms with Crippen LogP contribution in [0.1, 0.15) is 36.8 Å². The number of amides is 1. The van der Waals surface area contributed by atoms with Crippen LogP contribution in [0.4, 0.5) is 10.3 Å². The molecule has 0 fully saturated rings. The van der Waals surface area contributed by atoms with Crippen LogP contribution in [-0.2, 0) is 5.41 Å². The average molecular weight is 341 g/mol. The van der Waals surface area contributed by atoms with Crippen LogP contribution in [0.5, 0.6) is 0 Å². The molecule has 0 aliphatic rings. The number of carbonyl (C=O) groups excluding carboxylic acids is 1. The third-order valence-electron chi connectivity index (χ3n) is 2.71. The van der Waals surface area contributed by atoms with Gasteiger partial charge in [-0.1, -0.05) is 32.0 Å². The van der Waals surface area contributed by atoms with Crippen LogP contribution in [0.25, 0.3) is 0 Å². The van der Waals surface area contributed by atoms with Crippen molar-refractivity contribution in [1.82, 2.24) is 5.16 Å². The number of rotatable bonds is 2. The number of nitrogens with one attached hydrogen (secondary N) is 1. The summed E-state index contributed by atoms with van der Waals surface area (Å²) in [6.45, 7) is 5.93. The Kier molecular flexibility index (Phi) is 3.94. The maximum atomic E-state index is 13.7. The number of hydrogen-bond acceptors (Lipinski definition) is 3. The van der Waals surface area contributed by atoms with Crippen LogP contribution in [-0.4, -0.2) is 11.1 Å². The quantitative estimate of drug-likeness (QED) is 0.894. The molecule has 0 saturated heterocycles. The zero-order valence-corrected chi connectivity index (χ0v) is 12.9. The Morgan fingerprint density at radius 2 is 2.10 bits per heavy atom. The lowest BCUT2D eigenvalue weighted by atomic mass is 9.92. The number of hydrogen-bond donors (Lipinski definition) is 1. The Morgan fingerprint density at radius 3 is 2.65 bits per heavy atom. The van der Waals surface area contributed by atoms with E-state index in [2.05, 4.69) is 26.4 Å². The first kappa shape index (κ1) is 14.7. The van der Waals surface area contributed by atoms with Crippen molar-refractivity contribution in [2.24, 2.45) is 0 Å². The second-order valence-electron chi connectivity index (χ2n) is 5.38. The second-order valence-corrected chi connectivity index (χ2v) is 6.23. The number of anilines is 1. The molecule has 0 spiro atoms. The van der Waals surface area contributed by atoms with Gasteiger partial charge in [-0.3, -0.25) is 10.1 Å². The molecule has 1 aromatic heterocycles. The Hall–Kier alpha value is -1.69. The summed E-state index contributed by atoms with van der Waals surface area (Å²) in [4.78, 5) is 12.0. The lowest BCUT2D eigenvalue weighted by Gasteiger charge is -2.12. The fourth-order valence-corrected chi connectivity index (χ4v) is 2.10. The molecule has 0 bridgehead atoms. The molecule has 4 nitrogen and oxygen atoms in total. The van der Waals surface area contributed by atoms with Gasteiger partial charge in [0.2, 0.25) is 5.88 Å². The van der Waals surface area contributed by atoms with Gasteiger partial charge < -0.3 is 4.52 Å². The van der Waals surface area contributed by atoms with Crippen molar-refractivity contribution in [2.75, 3.05) is 5.32 Å². The van der Waals surface area contributed by atoms with E-state index in [4.69, 9.17) is 4.52 Å². The fourth-order valence-electron chi connectivity index (χ4n) is 1.58. The number of aromatic nitrogens is 1. The molecule has 0 radical (unpaired) electrons. The van der Waals surface area contributed by atoms with Crippen LogP contribution in [0.15, 0.2) is 33.3 Å². The first-order valence-electron chi connectivity index (χ1n) is 6.01. The number of nitrogens with zero attached hydrogens (tertiary/aromatic N) is 1. The molecule has 0 aliphatic carbocycles. The van der Waals surface area contributed by atoms with E-state index < -0.39 is 11.7 Å². The molecule has 0 aliphatic heterocycles. The average Bonchev–Trinajstić information content (AvgIpc) is 2.76. The van der Waals surface area contributed by atoms with Crippen LogP contribution < -0.4 is 5.32 Å². The van der Waals surface area contributed by atoms with Gasteiger partial charge in [0, 0.05) is 16.0 Å².